The van der Waals surface area contributed by atoms with E-state index in [1.807, 2.05) is 0 Å². The molecule has 0 aromatic carbocycles. The molecule has 0 saturated carbocycles. The maximum atomic E-state index is 11.1. The van der Waals surface area contributed by atoms with Crippen LogP contribution in [0.1, 0.15) is 19.8 Å². The Bertz CT molecular complexity index is 349. The minimum Gasteiger partial charge on any atom is -0.463 e. The summed E-state index contributed by atoms with van der Waals surface area (Å²) >= 11 is 0. The summed E-state index contributed by atoms with van der Waals surface area (Å²) in [6.45, 7) is 5.99. The van der Waals surface area contributed by atoms with Crippen LogP contribution in [0.5, 0.6) is 0 Å². The van der Waals surface area contributed by atoms with E-state index < -0.39 is 11.9 Å². The molecule has 1 N–H and O–H groups in total. The topological polar surface area (TPSA) is 81.7 Å². The van der Waals surface area contributed by atoms with Crippen molar-refractivity contribution in [1.82, 2.24) is 5.32 Å². The number of carbonyl (C=O) groups excluding carboxylic acids is 3. The molecule has 0 aliphatic carbocycles. The third-order valence-electron chi connectivity index (χ3n) is 1.94. The van der Waals surface area contributed by atoms with Crippen LogP contribution in [0.3, 0.4) is 0 Å². The van der Waals surface area contributed by atoms with Crippen LogP contribution < -0.4 is 5.32 Å². The highest BCUT2D eigenvalue weighted by Gasteiger charge is 2.00. The number of amides is 1. The molecule has 106 valence electrons. The van der Waals surface area contributed by atoms with Gasteiger partial charge in [0.2, 0.25) is 5.91 Å². The minimum atomic E-state index is -0.594. The average Bonchev–Trinajstić information content (AvgIpc) is 2.40. The van der Waals surface area contributed by atoms with Gasteiger partial charge in [-0.1, -0.05) is 6.58 Å². The highest BCUT2D eigenvalue weighted by Crippen LogP contribution is 1.91. The van der Waals surface area contributed by atoms with Crippen molar-refractivity contribution in [2.75, 3.05) is 19.8 Å². The van der Waals surface area contributed by atoms with Gasteiger partial charge in [0.1, 0.15) is 0 Å². The van der Waals surface area contributed by atoms with Gasteiger partial charge < -0.3 is 14.8 Å². The molecule has 0 aromatic rings. The summed E-state index contributed by atoms with van der Waals surface area (Å²) in [5, 5.41) is 2.60. The van der Waals surface area contributed by atoms with Crippen molar-refractivity contribution in [3.05, 3.63) is 24.8 Å². The Kier molecular flexibility index (Phi) is 9.79. The molecule has 0 heterocycles. The van der Waals surface area contributed by atoms with E-state index in [0.717, 1.165) is 12.2 Å². The van der Waals surface area contributed by atoms with Crippen molar-refractivity contribution in [2.45, 2.75) is 19.8 Å². The first-order valence-corrected chi connectivity index (χ1v) is 6.02. The van der Waals surface area contributed by atoms with Crippen LogP contribution in [0.2, 0.25) is 0 Å². The summed E-state index contributed by atoms with van der Waals surface area (Å²) < 4.78 is 9.44. The largest absolute Gasteiger partial charge is 0.463 e. The highest BCUT2D eigenvalue weighted by molar-refractivity contribution is 5.91. The van der Waals surface area contributed by atoms with E-state index in [0.29, 0.717) is 19.4 Å². The van der Waals surface area contributed by atoms with Crippen molar-refractivity contribution in [3.63, 3.8) is 0 Å². The molecule has 0 aliphatic heterocycles. The zero-order chi connectivity index (χ0) is 14.5. The lowest BCUT2D eigenvalue weighted by Crippen LogP contribution is -2.22. The van der Waals surface area contributed by atoms with E-state index in [1.165, 1.54) is 6.08 Å². The first-order chi connectivity index (χ1) is 9.10. The number of ether oxygens (including phenoxy) is 2. The Morgan fingerprint density at radius 2 is 1.74 bits per heavy atom. The maximum Gasteiger partial charge on any atom is 0.331 e. The Hall–Kier alpha value is -2.11. The monoisotopic (exact) mass is 269 g/mol. The quantitative estimate of drug-likeness (QED) is 0.379. The predicted octanol–water partition coefficient (Wildman–Crippen LogP) is 0.731. The lowest BCUT2D eigenvalue weighted by Gasteiger charge is -2.03. The number of carbonyl (C=O) groups is 3. The molecule has 0 unspecified atom stereocenters. The maximum absolute atomic E-state index is 11.1. The van der Waals surface area contributed by atoms with Gasteiger partial charge in [0, 0.05) is 18.7 Å². The fourth-order valence-corrected chi connectivity index (χ4v) is 1.06. The molecule has 0 fully saturated rings. The molecule has 0 atom stereocenters. The molecule has 0 bridgehead atoms. The normalized spacial score (nSPS) is 9.95. The summed E-state index contributed by atoms with van der Waals surface area (Å²) in [6, 6.07) is 0. The van der Waals surface area contributed by atoms with Crippen molar-refractivity contribution in [3.8, 4) is 0 Å². The van der Waals surface area contributed by atoms with Gasteiger partial charge in [0.25, 0.3) is 0 Å². The Balaban J connectivity index is 3.56. The van der Waals surface area contributed by atoms with E-state index in [9.17, 15) is 14.4 Å². The molecule has 0 saturated heterocycles. The zero-order valence-corrected chi connectivity index (χ0v) is 11.0. The van der Waals surface area contributed by atoms with Crippen LogP contribution in [-0.4, -0.2) is 37.6 Å². The summed E-state index contributed by atoms with van der Waals surface area (Å²) in [5.74, 6) is -1.40. The Labute approximate surface area is 112 Å². The summed E-state index contributed by atoms with van der Waals surface area (Å²) in [5.41, 5.74) is 0. The molecule has 0 radical (unpaired) electrons. The van der Waals surface area contributed by atoms with Crippen LogP contribution >= 0.6 is 0 Å². The fraction of sp³-hybridized carbons (Fsp3) is 0.462. The number of esters is 2. The van der Waals surface area contributed by atoms with E-state index in [-0.39, 0.29) is 19.1 Å². The van der Waals surface area contributed by atoms with Crippen molar-refractivity contribution < 1.29 is 23.9 Å². The molecule has 1 amide bonds. The van der Waals surface area contributed by atoms with Gasteiger partial charge in [-0.3, -0.25) is 4.79 Å². The first-order valence-electron chi connectivity index (χ1n) is 6.02. The third kappa shape index (κ3) is 10.7. The van der Waals surface area contributed by atoms with Crippen LogP contribution in [0.15, 0.2) is 24.8 Å². The first kappa shape index (κ1) is 16.9. The van der Waals surface area contributed by atoms with Gasteiger partial charge >= 0.3 is 11.9 Å². The second-order valence-electron chi connectivity index (χ2n) is 3.46. The summed E-state index contributed by atoms with van der Waals surface area (Å²) in [6.07, 6.45) is 4.55. The molecular weight excluding hydrogens is 250 g/mol. The molecular formula is C13H19NO5. The van der Waals surface area contributed by atoms with Gasteiger partial charge in [-0.15, -0.1) is 0 Å². The van der Waals surface area contributed by atoms with Crippen molar-refractivity contribution >= 4 is 17.8 Å². The molecule has 6 heteroatoms. The number of nitrogens with one attached hydrogen (secondary N) is 1. The Morgan fingerprint density at radius 3 is 2.32 bits per heavy atom. The summed E-state index contributed by atoms with van der Waals surface area (Å²) in [4.78, 5) is 32.8. The molecule has 0 spiro atoms. The molecule has 19 heavy (non-hydrogen) atoms. The van der Waals surface area contributed by atoms with Crippen LogP contribution in [-0.2, 0) is 23.9 Å². The second-order valence-corrected chi connectivity index (χ2v) is 3.46. The lowest BCUT2D eigenvalue weighted by molar-refractivity contribution is -0.140. The van der Waals surface area contributed by atoms with Gasteiger partial charge in [-0.2, -0.15) is 0 Å². The smallest absolute Gasteiger partial charge is 0.331 e. The van der Waals surface area contributed by atoms with Crippen LogP contribution in [0, 0.1) is 0 Å². The molecule has 0 aliphatic rings. The van der Waals surface area contributed by atoms with E-state index >= 15 is 0 Å². The van der Waals surface area contributed by atoms with Gasteiger partial charge in [0.15, 0.2) is 0 Å². The Morgan fingerprint density at radius 1 is 1.11 bits per heavy atom. The van der Waals surface area contributed by atoms with E-state index in [2.05, 4.69) is 16.6 Å². The van der Waals surface area contributed by atoms with Crippen molar-refractivity contribution in [2.24, 2.45) is 0 Å². The van der Waals surface area contributed by atoms with E-state index in [1.54, 1.807) is 6.92 Å². The van der Waals surface area contributed by atoms with Gasteiger partial charge in [-0.05, 0) is 25.8 Å². The average molecular weight is 269 g/mol. The minimum absolute atomic E-state index is 0.227. The van der Waals surface area contributed by atoms with Gasteiger partial charge in [0.05, 0.1) is 13.2 Å². The SMILES string of the molecule is C=CC(=O)NCCCCOC(=O)/C=C/C(=O)OCC. The second kappa shape index (κ2) is 11.0. The van der Waals surface area contributed by atoms with Gasteiger partial charge in [-0.25, -0.2) is 9.59 Å². The number of hydrogen-bond acceptors (Lipinski definition) is 5. The number of hydrogen-bond donors (Lipinski definition) is 1. The van der Waals surface area contributed by atoms with E-state index in [4.69, 9.17) is 4.74 Å². The third-order valence-corrected chi connectivity index (χ3v) is 1.94. The lowest BCUT2D eigenvalue weighted by atomic mass is 10.3. The number of rotatable bonds is 9. The fourth-order valence-electron chi connectivity index (χ4n) is 1.06. The molecule has 0 aromatic heterocycles. The molecule has 6 nitrogen and oxygen atoms in total. The van der Waals surface area contributed by atoms with Crippen LogP contribution in [0.4, 0.5) is 0 Å². The highest BCUT2D eigenvalue weighted by atomic mass is 16.5. The number of unbranched alkanes of at least 4 members (excludes halogenated alkanes) is 1. The summed E-state index contributed by atoms with van der Waals surface area (Å²) in [7, 11) is 0. The standard InChI is InChI=1S/C13H19NO5/c1-3-11(15)14-9-5-6-10-19-13(17)8-7-12(16)18-4-2/h3,7-8H,1,4-6,9-10H2,2H3,(H,14,15)/b8-7+. The zero-order valence-electron chi connectivity index (χ0n) is 11.0. The predicted molar refractivity (Wildman–Crippen MR) is 69.2 cm³/mol. The molecule has 0 rings (SSSR count). The van der Waals surface area contributed by atoms with Crippen molar-refractivity contribution in [1.29, 1.82) is 0 Å². The van der Waals surface area contributed by atoms with Crippen LogP contribution in [0.25, 0.3) is 0 Å².